The monoisotopic (exact) mass is 552 g/mol. The van der Waals surface area contributed by atoms with E-state index in [0.717, 1.165) is 56.0 Å². The first kappa shape index (κ1) is 26.7. The maximum absolute atomic E-state index is 4.49. The number of H-pyrrole nitrogens is 2. The first-order valence-corrected chi connectivity index (χ1v) is 13.8. The van der Waals surface area contributed by atoms with E-state index in [1.165, 1.54) is 0 Å². The van der Waals surface area contributed by atoms with Gasteiger partial charge in [0.25, 0.3) is 0 Å². The summed E-state index contributed by atoms with van der Waals surface area (Å²) in [6.07, 6.45) is 3.58. The number of nitrogens with one attached hydrogen (secondary N) is 2. The number of hydrogen-bond donors (Lipinski definition) is 2. The number of para-hydroxylation sites is 2. The van der Waals surface area contributed by atoms with Crippen LogP contribution in [0.1, 0.15) is 33.9 Å². The molecule has 8 heteroatoms. The molecular weight excluding hydrogens is 520 g/mol. The van der Waals surface area contributed by atoms with Gasteiger partial charge in [-0.1, -0.05) is 60.7 Å². The summed E-state index contributed by atoms with van der Waals surface area (Å²) < 4.78 is 4.43. The zero-order valence-corrected chi connectivity index (χ0v) is 24.1. The van der Waals surface area contributed by atoms with E-state index in [-0.39, 0.29) is 0 Å². The summed E-state index contributed by atoms with van der Waals surface area (Å²) >= 11 is 0. The number of rotatable bonds is 6. The van der Waals surface area contributed by atoms with Crippen molar-refractivity contribution in [3.63, 3.8) is 0 Å². The molecule has 0 aliphatic rings. The average molecular weight is 553 g/mol. The van der Waals surface area contributed by atoms with E-state index in [9.17, 15) is 0 Å². The molecule has 6 aromatic rings. The van der Waals surface area contributed by atoms with Gasteiger partial charge in [0, 0.05) is 56.0 Å². The fourth-order valence-corrected chi connectivity index (χ4v) is 5.39. The standard InChI is InChI=1S/C34H32N8/c1-23-19-27(25(3)41(23)29-13-7-5-8-14-29)21-35-37-33-31-17-11-12-18-32(31)34(40-39-33)38-36-22-28-20-24(2)42(26(28)4)30-15-9-6-10-16-30/h5-22H,1-4H3,(H,37,39)(H,38,40)/b35-21+,36-22+. The van der Waals surface area contributed by atoms with Crippen molar-refractivity contribution in [2.45, 2.75) is 27.7 Å². The second kappa shape index (κ2) is 11.5. The Morgan fingerprint density at radius 1 is 0.524 bits per heavy atom. The van der Waals surface area contributed by atoms with Crippen LogP contribution < -0.4 is 11.0 Å². The van der Waals surface area contributed by atoms with E-state index < -0.39 is 0 Å². The van der Waals surface area contributed by atoms with Crippen LogP contribution in [-0.2, 0) is 0 Å². The first-order valence-electron chi connectivity index (χ1n) is 13.8. The molecule has 8 nitrogen and oxygen atoms in total. The molecule has 0 fully saturated rings. The Bertz CT molecular complexity index is 1920. The van der Waals surface area contributed by atoms with Crippen LogP contribution in [0.15, 0.2) is 117 Å². The minimum absolute atomic E-state index is 0.605. The van der Waals surface area contributed by atoms with Gasteiger partial charge in [-0.15, -0.1) is 10.2 Å². The molecule has 0 amide bonds. The third kappa shape index (κ3) is 5.17. The van der Waals surface area contributed by atoms with Crippen molar-refractivity contribution in [1.29, 1.82) is 0 Å². The molecule has 0 radical (unpaired) electrons. The fraction of sp³-hybridized carbons (Fsp3) is 0.118. The molecule has 2 N–H and O–H groups in total. The molecule has 6 rings (SSSR count). The molecule has 3 aromatic heterocycles. The third-order valence-electron chi connectivity index (χ3n) is 7.42. The zero-order chi connectivity index (χ0) is 29.1. The van der Waals surface area contributed by atoms with Crippen LogP contribution in [-0.4, -0.2) is 31.8 Å². The van der Waals surface area contributed by atoms with E-state index in [2.05, 4.69) is 104 Å². The Kier molecular flexibility index (Phi) is 7.34. The maximum Gasteiger partial charge on any atom is 0.175 e. The summed E-state index contributed by atoms with van der Waals surface area (Å²) in [7, 11) is 0. The first-order chi connectivity index (χ1) is 20.5. The number of aromatic nitrogens is 4. The summed E-state index contributed by atoms with van der Waals surface area (Å²) in [5.74, 6) is 0. The lowest BCUT2D eigenvalue weighted by molar-refractivity contribution is 0.892. The van der Waals surface area contributed by atoms with Crippen LogP contribution in [0.25, 0.3) is 22.1 Å². The van der Waals surface area contributed by atoms with Gasteiger partial charge in [0.2, 0.25) is 0 Å². The van der Waals surface area contributed by atoms with Gasteiger partial charge in [-0.2, -0.15) is 10.2 Å². The molecule has 0 aliphatic carbocycles. The Hall–Kier alpha value is -5.50. The highest BCUT2D eigenvalue weighted by atomic mass is 15.3. The molecule has 0 aliphatic heterocycles. The van der Waals surface area contributed by atoms with E-state index in [1.54, 1.807) is 12.4 Å². The van der Waals surface area contributed by atoms with Crippen molar-refractivity contribution >= 4 is 23.2 Å². The van der Waals surface area contributed by atoms with Crippen molar-refractivity contribution in [2.75, 3.05) is 0 Å². The van der Waals surface area contributed by atoms with Gasteiger partial charge in [-0.05, 0) is 64.1 Å². The van der Waals surface area contributed by atoms with E-state index in [4.69, 9.17) is 0 Å². The summed E-state index contributed by atoms with van der Waals surface area (Å²) in [6, 6.07) is 32.8. The molecule has 42 heavy (non-hydrogen) atoms. The van der Waals surface area contributed by atoms with Gasteiger partial charge in [-0.3, -0.25) is 10.2 Å². The van der Waals surface area contributed by atoms with Gasteiger partial charge in [0.1, 0.15) is 0 Å². The number of nitrogens with zero attached hydrogens (tertiary/aromatic N) is 6. The average Bonchev–Trinajstić information content (AvgIpc) is 3.46. The van der Waals surface area contributed by atoms with Gasteiger partial charge >= 0.3 is 0 Å². The molecule has 3 heterocycles. The zero-order valence-electron chi connectivity index (χ0n) is 24.1. The Morgan fingerprint density at radius 3 is 1.31 bits per heavy atom. The molecule has 208 valence electrons. The van der Waals surface area contributed by atoms with E-state index in [1.807, 2.05) is 60.7 Å². The predicted molar refractivity (Wildman–Crippen MR) is 169 cm³/mol. The quantitative estimate of drug-likeness (QED) is 0.183. The highest BCUT2D eigenvalue weighted by Crippen LogP contribution is 2.20. The van der Waals surface area contributed by atoms with Crippen LogP contribution in [0, 0.1) is 27.7 Å². The minimum atomic E-state index is 0.605. The van der Waals surface area contributed by atoms with Crippen LogP contribution in [0.3, 0.4) is 0 Å². The summed E-state index contributed by atoms with van der Waals surface area (Å²) in [5, 5.41) is 25.9. The van der Waals surface area contributed by atoms with Crippen molar-refractivity contribution in [3.8, 4) is 11.4 Å². The Balaban J connectivity index is 1.31. The molecule has 3 aromatic carbocycles. The third-order valence-corrected chi connectivity index (χ3v) is 7.42. The van der Waals surface area contributed by atoms with Gasteiger partial charge in [0.15, 0.2) is 11.0 Å². The predicted octanol–water partition coefficient (Wildman–Crippen LogP) is 6.18. The normalized spacial score (nSPS) is 12.9. The summed E-state index contributed by atoms with van der Waals surface area (Å²) in [6.45, 7) is 8.37. The van der Waals surface area contributed by atoms with Crippen LogP contribution in [0.4, 0.5) is 0 Å². The van der Waals surface area contributed by atoms with E-state index >= 15 is 0 Å². The highest BCUT2D eigenvalue weighted by molar-refractivity contribution is 5.83. The lowest BCUT2D eigenvalue weighted by atomic mass is 10.2. The van der Waals surface area contributed by atoms with Crippen molar-refractivity contribution in [3.05, 3.63) is 142 Å². The largest absolute Gasteiger partial charge is 0.318 e. The molecule has 0 unspecified atom stereocenters. The highest BCUT2D eigenvalue weighted by Gasteiger charge is 2.10. The van der Waals surface area contributed by atoms with Crippen LogP contribution >= 0.6 is 0 Å². The van der Waals surface area contributed by atoms with Crippen molar-refractivity contribution < 1.29 is 0 Å². The van der Waals surface area contributed by atoms with Crippen molar-refractivity contribution in [1.82, 2.24) is 19.3 Å². The molecule has 0 atom stereocenters. The second-order valence-corrected chi connectivity index (χ2v) is 10.2. The van der Waals surface area contributed by atoms with Gasteiger partial charge < -0.3 is 9.13 Å². The maximum atomic E-state index is 4.49. The number of benzene rings is 3. The number of aromatic amines is 2. The van der Waals surface area contributed by atoms with Gasteiger partial charge in [0.05, 0.1) is 12.4 Å². The topological polar surface area (TPSA) is 90.9 Å². The summed E-state index contributed by atoms with van der Waals surface area (Å²) in [4.78, 5) is 0. The Labute approximate surface area is 243 Å². The number of fused-ring (bicyclic) bond motifs is 1. The lowest BCUT2D eigenvalue weighted by Gasteiger charge is -2.08. The molecule has 0 spiro atoms. The van der Waals surface area contributed by atoms with Crippen LogP contribution in [0.2, 0.25) is 0 Å². The number of aryl methyl sites for hydroxylation is 2. The van der Waals surface area contributed by atoms with Gasteiger partial charge in [-0.25, -0.2) is 0 Å². The molecule has 0 bridgehead atoms. The minimum Gasteiger partial charge on any atom is -0.318 e. The van der Waals surface area contributed by atoms with E-state index in [0.29, 0.717) is 11.0 Å². The SMILES string of the molecule is Cc1cc(/C=N/N=c2/[nH][nH]/c(=N/N=C/c3cc(C)n(-c4ccccc4)c3C)c3ccccc23)c(C)n1-c1ccccc1. The summed E-state index contributed by atoms with van der Waals surface area (Å²) in [5.41, 5.74) is 9.98. The molecule has 0 saturated heterocycles. The lowest BCUT2D eigenvalue weighted by Crippen LogP contribution is -2.20. The number of hydrogen-bond acceptors (Lipinski definition) is 4. The van der Waals surface area contributed by atoms with Crippen molar-refractivity contribution in [2.24, 2.45) is 20.4 Å². The fourth-order valence-electron chi connectivity index (χ4n) is 5.39. The Morgan fingerprint density at radius 2 is 0.905 bits per heavy atom. The van der Waals surface area contributed by atoms with Crippen LogP contribution in [0.5, 0.6) is 0 Å². The molecule has 0 saturated carbocycles. The molecular formula is C34H32N8. The second-order valence-electron chi connectivity index (χ2n) is 10.2. The smallest absolute Gasteiger partial charge is 0.175 e.